The fourth-order valence-electron chi connectivity index (χ4n) is 5.85. The van der Waals surface area contributed by atoms with Crippen molar-refractivity contribution >= 4 is 17.4 Å². The number of aromatic nitrogens is 5. The number of anilines is 1. The largest absolute Gasteiger partial charge is 0.467 e. The average Bonchev–Trinajstić information content (AvgIpc) is 3.68. The van der Waals surface area contributed by atoms with Crippen molar-refractivity contribution in [2.24, 2.45) is 0 Å². The zero-order chi connectivity index (χ0) is 33.1. The summed E-state index contributed by atoms with van der Waals surface area (Å²) in [5.41, 5.74) is 4.75. The fourth-order valence-corrected chi connectivity index (χ4v) is 5.85. The lowest BCUT2D eigenvalue weighted by atomic mass is 9.92. The van der Waals surface area contributed by atoms with E-state index in [2.05, 4.69) is 31.0 Å². The highest BCUT2D eigenvalue weighted by atomic mass is 16.6. The van der Waals surface area contributed by atoms with Crippen molar-refractivity contribution in [1.29, 1.82) is 0 Å². The lowest BCUT2D eigenvalue weighted by Gasteiger charge is -2.41. The van der Waals surface area contributed by atoms with Crippen LogP contribution in [0.15, 0.2) is 67.9 Å². The van der Waals surface area contributed by atoms with E-state index < -0.39 is 17.7 Å². The first-order valence-corrected chi connectivity index (χ1v) is 15.9. The highest BCUT2D eigenvalue weighted by Gasteiger charge is 2.38. The van der Waals surface area contributed by atoms with Crippen LogP contribution in [0.4, 0.5) is 5.82 Å². The van der Waals surface area contributed by atoms with Gasteiger partial charge in [0.15, 0.2) is 11.8 Å². The van der Waals surface area contributed by atoms with Gasteiger partial charge in [-0.1, -0.05) is 24.3 Å². The molecule has 0 spiro atoms. The topological polar surface area (TPSA) is 96.0 Å². The molecule has 244 valence electrons. The lowest BCUT2D eigenvalue weighted by Crippen LogP contribution is -2.45. The molecular weight excluding hydrogens is 580 g/mol. The summed E-state index contributed by atoms with van der Waals surface area (Å²) in [6, 6.07) is 12.2. The molecule has 1 fully saturated rings. The maximum absolute atomic E-state index is 13.3. The van der Waals surface area contributed by atoms with E-state index in [1.165, 1.54) is 7.11 Å². The first-order chi connectivity index (χ1) is 21.9. The Morgan fingerprint density at radius 3 is 2.54 bits per heavy atom. The molecule has 5 rings (SSSR count). The molecule has 0 N–H and O–H groups in total. The van der Waals surface area contributed by atoms with Crippen LogP contribution in [0.5, 0.6) is 0 Å². The zero-order valence-electron chi connectivity index (χ0n) is 28.0. The van der Waals surface area contributed by atoms with Crippen molar-refractivity contribution < 1.29 is 19.0 Å². The van der Waals surface area contributed by atoms with Crippen LogP contribution < -0.4 is 4.90 Å². The number of hydrogen-bond acceptors (Lipinski definition) is 8. The second-order valence-corrected chi connectivity index (χ2v) is 13.0. The first kappa shape index (κ1) is 33.1. The van der Waals surface area contributed by atoms with Gasteiger partial charge >= 0.3 is 5.97 Å². The summed E-state index contributed by atoms with van der Waals surface area (Å²) in [6.07, 6.45) is 7.98. The van der Waals surface area contributed by atoms with Crippen LogP contribution in [0.3, 0.4) is 0 Å². The quantitative estimate of drug-likeness (QED) is 0.128. The molecule has 1 unspecified atom stereocenters. The van der Waals surface area contributed by atoms with Gasteiger partial charge < -0.3 is 19.1 Å². The monoisotopic (exact) mass is 626 g/mol. The molecule has 1 aliphatic rings. The summed E-state index contributed by atoms with van der Waals surface area (Å²) in [6.45, 7) is 19.3. The number of fused-ring (bicyclic) bond motifs is 1. The van der Waals surface area contributed by atoms with Gasteiger partial charge in [-0.05, 0) is 78.5 Å². The molecule has 1 saturated heterocycles. The Balaban J connectivity index is 1.61. The van der Waals surface area contributed by atoms with Crippen LogP contribution in [-0.2, 0) is 25.4 Å². The van der Waals surface area contributed by atoms with Crippen LogP contribution in [0.1, 0.15) is 70.0 Å². The summed E-state index contributed by atoms with van der Waals surface area (Å²) >= 11 is 0. The van der Waals surface area contributed by atoms with Crippen molar-refractivity contribution in [2.75, 3.05) is 31.7 Å². The van der Waals surface area contributed by atoms with E-state index in [9.17, 15) is 4.79 Å². The molecule has 3 aromatic heterocycles. The first-order valence-electron chi connectivity index (χ1n) is 15.9. The van der Waals surface area contributed by atoms with Crippen LogP contribution in [0.2, 0.25) is 0 Å². The fraction of sp³-hybridized carbons (Fsp3) is 0.444. The minimum absolute atomic E-state index is 0.274. The second kappa shape index (κ2) is 13.6. The van der Waals surface area contributed by atoms with Gasteiger partial charge in [-0.3, -0.25) is 0 Å². The van der Waals surface area contributed by atoms with Gasteiger partial charge in [-0.25, -0.2) is 14.5 Å². The Kier molecular flexibility index (Phi) is 9.79. The molecule has 4 heterocycles. The number of carbonyl (C=O) groups is 1. The number of allylic oxidation sites excluding steroid dienone is 1. The summed E-state index contributed by atoms with van der Waals surface area (Å²) in [4.78, 5) is 20.5. The van der Waals surface area contributed by atoms with Gasteiger partial charge in [0.1, 0.15) is 5.82 Å². The maximum atomic E-state index is 13.3. The summed E-state index contributed by atoms with van der Waals surface area (Å²) < 4.78 is 21.5. The number of nitrogens with zero attached hydrogens (tertiary/aromatic N) is 6. The molecule has 1 aromatic carbocycles. The molecule has 0 aliphatic carbocycles. The summed E-state index contributed by atoms with van der Waals surface area (Å²) in [5.74, 6) is 0.289. The summed E-state index contributed by atoms with van der Waals surface area (Å²) in [7, 11) is 1.38. The Hall–Kier alpha value is -4.28. The van der Waals surface area contributed by atoms with E-state index in [1.807, 2.05) is 79.5 Å². The van der Waals surface area contributed by atoms with Crippen molar-refractivity contribution in [3.8, 4) is 16.9 Å². The SMILES string of the molecule is C=CCCc1ccn(-c2cccc(-c3cc4nc(C)c(C(OC(C)(C)C)C(=O)OC)c(N5CCC(C)(OCC=C)CC5)n4n3)c2)n1. The van der Waals surface area contributed by atoms with Crippen molar-refractivity contribution in [1.82, 2.24) is 24.4 Å². The number of rotatable bonds is 12. The second-order valence-electron chi connectivity index (χ2n) is 13.0. The maximum Gasteiger partial charge on any atom is 0.339 e. The molecule has 0 bridgehead atoms. The Morgan fingerprint density at radius 1 is 1.11 bits per heavy atom. The van der Waals surface area contributed by atoms with E-state index in [-0.39, 0.29) is 5.60 Å². The minimum atomic E-state index is -0.992. The molecule has 10 nitrogen and oxygen atoms in total. The van der Waals surface area contributed by atoms with Gasteiger partial charge in [-0.2, -0.15) is 14.7 Å². The Labute approximate surface area is 271 Å². The van der Waals surface area contributed by atoms with Gasteiger partial charge in [0.05, 0.1) is 47.6 Å². The number of aryl methyl sites for hydroxylation is 2. The highest BCUT2D eigenvalue weighted by Crippen LogP contribution is 2.38. The average molecular weight is 627 g/mol. The molecule has 1 aliphatic heterocycles. The molecule has 1 atom stereocenters. The number of ether oxygens (including phenoxy) is 3. The molecule has 46 heavy (non-hydrogen) atoms. The number of methoxy groups -OCH3 is 1. The molecule has 0 amide bonds. The van der Waals surface area contributed by atoms with Crippen LogP contribution in [0, 0.1) is 6.92 Å². The smallest absolute Gasteiger partial charge is 0.339 e. The molecule has 0 saturated carbocycles. The Bertz CT molecular complexity index is 1710. The standard InChI is InChI=1S/C36H46N6O4/c1-9-11-14-27-16-19-41(38-27)28-15-12-13-26(23-28)29-24-30-37-25(3)31(32(34(43)44-8)46-35(4,5)6)33(42(30)39-29)40-20-17-36(7,18-21-40)45-22-10-2/h9-10,12-13,15-16,19,23-24,32H,1-2,11,14,17-18,20-22H2,3-8H3. The lowest BCUT2D eigenvalue weighted by molar-refractivity contribution is -0.164. The third-order valence-electron chi connectivity index (χ3n) is 8.28. The number of hydrogen-bond donors (Lipinski definition) is 0. The third kappa shape index (κ3) is 7.24. The Morgan fingerprint density at radius 2 is 1.87 bits per heavy atom. The van der Waals surface area contributed by atoms with E-state index >= 15 is 0 Å². The molecule has 0 radical (unpaired) electrons. The van der Waals surface area contributed by atoms with Crippen LogP contribution in [0.25, 0.3) is 22.6 Å². The van der Waals surface area contributed by atoms with E-state index in [4.69, 9.17) is 29.4 Å². The van der Waals surface area contributed by atoms with Crippen molar-refractivity contribution in [3.05, 3.63) is 84.9 Å². The molecule has 4 aromatic rings. The van der Waals surface area contributed by atoms with Gasteiger partial charge in [0.25, 0.3) is 0 Å². The normalized spacial score (nSPS) is 15.6. The summed E-state index contributed by atoms with van der Waals surface area (Å²) in [5, 5.41) is 9.86. The van der Waals surface area contributed by atoms with Gasteiger partial charge in [0.2, 0.25) is 0 Å². The number of esters is 1. The highest BCUT2D eigenvalue weighted by molar-refractivity contribution is 5.80. The molecular formula is C36H46N6O4. The van der Waals surface area contributed by atoms with Crippen molar-refractivity contribution in [3.63, 3.8) is 0 Å². The van der Waals surface area contributed by atoms with Crippen molar-refractivity contribution in [2.45, 2.75) is 77.6 Å². The number of benzene rings is 1. The zero-order valence-corrected chi connectivity index (χ0v) is 28.0. The number of piperidine rings is 1. The van der Waals surface area contributed by atoms with Crippen LogP contribution >= 0.6 is 0 Å². The number of carbonyl (C=O) groups excluding carboxylic acids is 1. The van der Waals surface area contributed by atoms with Crippen LogP contribution in [-0.4, -0.2) is 68.4 Å². The van der Waals surface area contributed by atoms with E-state index in [0.717, 1.165) is 54.1 Å². The van der Waals surface area contributed by atoms with E-state index in [1.54, 1.807) is 6.08 Å². The predicted octanol–water partition coefficient (Wildman–Crippen LogP) is 6.60. The third-order valence-corrected chi connectivity index (χ3v) is 8.28. The predicted molar refractivity (Wildman–Crippen MR) is 180 cm³/mol. The molecule has 10 heteroatoms. The van der Waals surface area contributed by atoms with Gasteiger partial charge in [-0.15, -0.1) is 13.2 Å². The van der Waals surface area contributed by atoms with E-state index in [0.29, 0.717) is 36.6 Å². The minimum Gasteiger partial charge on any atom is -0.467 e. The van der Waals surface area contributed by atoms with Gasteiger partial charge in [0, 0.05) is 36.6 Å².